The van der Waals surface area contributed by atoms with Crippen LogP contribution in [0.15, 0.2) is 24.5 Å². The highest BCUT2D eigenvalue weighted by atomic mass is 19.4. The topological polar surface area (TPSA) is 81.9 Å². The molecule has 3 aromatic heterocycles. The molecule has 0 aromatic carbocycles. The molecule has 7 nitrogen and oxygen atoms in total. The average molecular weight is 407 g/mol. The molecule has 0 unspecified atom stereocenters. The third kappa shape index (κ3) is 5.21. The van der Waals surface area contributed by atoms with Crippen LogP contribution in [0, 0.1) is 13.8 Å². The predicted octanol–water partition coefficient (Wildman–Crippen LogP) is 2.72. The first-order valence-corrected chi connectivity index (χ1v) is 8.84. The Morgan fingerprint density at radius 1 is 1.28 bits per heavy atom. The van der Waals surface area contributed by atoms with Gasteiger partial charge in [0.15, 0.2) is 6.61 Å². The Balaban J connectivity index is 1.82. The van der Waals surface area contributed by atoms with Crippen LogP contribution in [0.2, 0.25) is 0 Å². The summed E-state index contributed by atoms with van der Waals surface area (Å²) in [4.78, 5) is 20.2. The van der Waals surface area contributed by atoms with Crippen molar-refractivity contribution < 1.29 is 22.7 Å². The lowest BCUT2D eigenvalue weighted by molar-refractivity contribution is -0.154. The van der Waals surface area contributed by atoms with Gasteiger partial charge in [0, 0.05) is 36.1 Å². The monoisotopic (exact) mass is 407 g/mol. The number of fused-ring (bicyclic) bond motifs is 1. The number of rotatable bonds is 6. The summed E-state index contributed by atoms with van der Waals surface area (Å²) < 4.78 is 43.3. The SMILES string of the molecule is CNC(=O)Cc1nc(C)cc2nn(Cc3cnc(OCC(F)(F)F)c(C)c3)cc12. The van der Waals surface area contributed by atoms with Crippen molar-refractivity contribution in [2.75, 3.05) is 13.7 Å². The molecular weight excluding hydrogens is 387 g/mol. The van der Waals surface area contributed by atoms with E-state index in [1.165, 1.54) is 6.20 Å². The van der Waals surface area contributed by atoms with Crippen LogP contribution >= 0.6 is 0 Å². The second-order valence-corrected chi connectivity index (χ2v) is 6.69. The Labute approximate surface area is 164 Å². The molecule has 1 amide bonds. The summed E-state index contributed by atoms with van der Waals surface area (Å²) in [5, 5.41) is 7.87. The summed E-state index contributed by atoms with van der Waals surface area (Å²) in [6.07, 6.45) is -1.02. The van der Waals surface area contributed by atoms with E-state index in [2.05, 4.69) is 20.4 Å². The van der Waals surface area contributed by atoms with Crippen molar-refractivity contribution in [3.05, 3.63) is 47.0 Å². The number of hydrogen-bond donors (Lipinski definition) is 1. The van der Waals surface area contributed by atoms with E-state index in [1.807, 2.05) is 13.0 Å². The molecule has 0 saturated carbocycles. The van der Waals surface area contributed by atoms with Gasteiger partial charge in [0.1, 0.15) is 0 Å². The number of amides is 1. The van der Waals surface area contributed by atoms with E-state index in [1.54, 1.807) is 30.9 Å². The first-order valence-electron chi connectivity index (χ1n) is 8.84. The maximum absolute atomic E-state index is 12.3. The number of carbonyl (C=O) groups excluding carboxylic acids is 1. The zero-order valence-electron chi connectivity index (χ0n) is 16.2. The number of carbonyl (C=O) groups is 1. The number of alkyl halides is 3. The van der Waals surface area contributed by atoms with Crippen molar-refractivity contribution in [2.45, 2.75) is 33.0 Å². The summed E-state index contributed by atoms with van der Waals surface area (Å²) in [6.45, 7) is 2.45. The number of ether oxygens (including phenoxy) is 1. The van der Waals surface area contributed by atoms with Gasteiger partial charge in [0.05, 0.1) is 24.2 Å². The van der Waals surface area contributed by atoms with Crippen molar-refractivity contribution in [1.29, 1.82) is 0 Å². The summed E-state index contributed by atoms with van der Waals surface area (Å²) >= 11 is 0. The van der Waals surface area contributed by atoms with Crippen molar-refractivity contribution >= 4 is 16.8 Å². The summed E-state index contributed by atoms with van der Waals surface area (Å²) in [6, 6.07) is 3.54. The molecule has 10 heteroatoms. The number of pyridine rings is 2. The van der Waals surface area contributed by atoms with Crippen LogP contribution in [0.25, 0.3) is 10.9 Å². The van der Waals surface area contributed by atoms with Crippen LogP contribution in [0.3, 0.4) is 0 Å². The maximum Gasteiger partial charge on any atom is 0.422 e. The molecule has 0 radical (unpaired) electrons. The van der Waals surface area contributed by atoms with E-state index in [9.17, 15) is 18.0 Å². The van der Waals surface area contributed by atoms with Gasteiger partial charge in [-0.15, -0.1) is 0 Å². The van der Waals surface area contributed by atoms with Crippen LogP contribution in [-0.4, -0.2) is 45.5 Å². The van der Waals surface area contributed by atoms with Crippen LogP contribution in [0.1, 0.15) is 22.5 Å². The molecule has 0 saturated heterocycles. The molecule has 0 aliphatic heterocycles. The second kappa shape index (κ2) is 8.06. The number of nitrogens with zero attached hydrogens (tertiary/aromatic N) is 4. The predicted molar refractivity (Wildman–Crippen MR) is 99.7 cm³/mol. The smallest absolute Gasteiger partial charge is 0.422 e. The Morgan fingerprint density at radius 2 is 2.03 bits per heavy atom. The highest BCUT2D eigenvalue weighted by Gasteiger charge is 2.29. The average Bonchev–Trinajstić information content (AvgIpc) is 3.02. The van der Waals surface area contributed by atoms with Crippen molar-refractivity contribution in [1.82, 2.24) is 25.1 Å². The van der Waals surface area contributed by atoms with Crippen LogP contribution in [0.4, 0.5) is 13.2 Å². The van der Waals surface area contributed by atoms with Gasteiger partial charge in [0.2, 0.25) is 11.8 Å². The van der Waals surface area contributed by atoms with E-state index < -0.39 is 12.8 Å². The van der Waals surface area contributed by atoms with Gasteiger partial charge in [-0.25, -0.2) is 4.98 Å². The molecule has 29 heavy (non-hydrogen) atoms. The largest absolute Gasteiger partial charge is 0.468 e. The molecule has 1 N–H and O–H groups in total. The molecule has 3 aromatic rings. The molecule has 0 aliphatic rings. The van der Waals surface area contributed by atoms with E-state index in [0.29, 0.717) is 23.3 Å². The van der Waals surface area contributed by atoms with Crippen LogP contribution in [-0.2, 0) is 17.8 Å². The number of aryl methyl sites for hydroxylation is 2. The second-order valence-electron chi connectivity index (χ2n) is 6.69. The Hall–Kier alpha value is -3.17. The lowest BCUT2D eigenvalue weighted by atomic mass is 10.1. The normalized spacial score (nSPS) is 11.7. The summed E-state index contributed by atoms with van der Waals surface area (Å²) in [7, 11) is 1.57. The zero-order chi connectivity index (χ0) is 21.2. The van der Waals surface area contributed by atoms with E-state index >= 15 is 0 Å². The van der Waals surface area contributed by atoms with Gasteiger partial charge in [-0.1, -0.05) is 0 Å². The fraction of sp³-hybridized carbons (Fsp3) is 0.368. The first kappa shape index (κ1) is 20.6. The van der Waals surface area contributed by atoms with Gasteiger partial charge in [-0.2, -0.15) is 18.3 Å². The third-order valence-corrected chi connectivity index (χ3v) is 4.17. The summed E-state index contributed by atoms with van der Waals surface area (Å²) in [5.74, 6) is -0.198. The fourth-order valence-corrected chi connectivity index (χ4v) is 2.92. The number of halogens is 3. The van der Waals surface area contributed by atoms with Gasteiger partial charge in [0.25, 0.3) is 0 Å². The van der Waals surface area contributed by atoms with Crippen molar-refractivity contribution in [3.8, 4) is 5.88 Å². The number of aromatic nitrogens is 4. The molecule has 0 spiro atoms. The molecule has 0 aliphatic carbocycles. The van der Waals surface area contributed by atoms with Crippen molar-refractivity contribution in [3.63, 3.8) is 0 Å². The Bertz CT molecular complexity index is 1050. The minimum atomic E-state index is -4.42. The lowest BCUT2D eigenvalue weighted by Gasteiger charge is -2.11. The van der Waals surface area contributed by atoms with Gasteiger partial charge in [-0.3, -0.25) is 14.5 Å². The third-order valence-electron chi connectivity index (χ3n) is 4.17. The first-order chi connectivity index (χ1) is 13.6. The quantitative estimate of drug-likeness (QED) is 0.680. The summed E-state index contributed by atoms with van der Waals surface area (Å²) in [5.41, 5.74) is 3.36. The fourth-order valence-electron chi connectivity index (χ4n) is 2.92. The van der Waals surface area contributed by atoms with Crippen molar-refractivity contribution in [2.24, 2.45) is 0 Å². The molecule has 3 heterocycles. The Morgan fingerprint density at radius 3 is 2.69 bits per heavy atom. The number of likely N-dealkylation sites (N-methyl/N-ethyl adjacent to an activating group) is 1. The molecule has 3 rings (SSSR count). The van der Waals surface area contributed by atoms with Gasteiger partial charge < -0.3 is 10.1 Å². The molecule has 0 atom stereocenters. The number of hydrogen-bond acceptors (Lipinski definition) is 5. The highest BCUT2D eigenvalue weighted by molar-refractivity contribution is 5.86. The molecular formula is C19H20F3N5O2. The molecule has 0 bridgehead atoms. The number of nitrogens with one attached hydrogen (secondary N) is 1. The minimum absolute atomic E-state index is 0.0515. The molecule has 154 valence electrons. The molecule has 0 fully saturated rings. The zero-order valence-corrected chi connectivity index (χ0v) is 16.2. The van der Waals surface area contributed by atoms with Gasteiger partial charge >= 0.3 is 6.18 Å². The van der Waals surface area contributed by atoms with E-state index in [4.69, 9.17) is 4.74 Å². The van der Waals surface area contributed by atoms with Crippen LogP contribution < -0.4 is 10.1 Å². The van der Waals surface area contributed by atoms with Gasteiger partial charge in [-0.05, 0) is 31.5 Å². The van der Waals surface area contributed by atoms with Crippen LogP contribution in [0.5, 0.6) is 5.88 Å². The van der Waals surface area contributed by atoms with E-state index in [-0.39, 0.29) is 18.2 Å². The standard InChI is InChI=1S/C19H20F3N5O2/c1-11-4-13(7-24-18(11)29-10-19(20,21)22)8-27-9-14-15(6-17(28)23-3)25-12(2)5-16(14)26-27/h4-5,7,9H,6,8,10H2,1-3H3,(H,23,28). The highest BCUT2D eigenvalue weighted by Crippen LogP contribution is 2.22. The lowest BCUT2D eigenvalue weighted by Crippen LogP contribution is -2.20. The Kier molecular flexibility index (Phi) is 5.71. The maximum atomic E-state index is 12.3. The van der Waals surface area contributed by atoms with E-state index in [0.717, 1.165) is 16.6 Å². The minimum Gasteiger partial charge on any atom is -0.468 e.